The number of hydrogen-bond donors (Lipinski definition) is 1. The maximum absolute atomic E-state index is 12.3. The van der Waals surface area contributed by atoms with Gasteiger partial charge in [-0.05, 0) is 36.3 Å². The summed E-state index contributed by atoms with van der Waals surface area (Å²) in [4.78, 5) is 25.2. The molecule has 0 aromatic carbocycles. The van der Waals surface area contributed by atoms with Crippen molar-refractivity contribution in [3.05, 3.63) is 12.7 Å². The van der Waals surface area contributed by atoms with Gasteiger partial charge in [0.1, 0.15) is 11.8 Å². The summed E-state index contributed by atoms with van der Waals surface area (Å²) in [6.07, 6.45) is 2.26. The second kappa shape index (κ2) is 9.46. The average molecular weight is 538 g/mol. The van der Waals surface area contributed by atoms with Crippen molar-refractivity contribution in [2.75, 3.05) is 12.3 Å². The van der Waals surface area contributed by atoms with Gasteiger partial charge in [-0.2, -0.15) is 0 Å². The molecule has 10 nitrogen and oxygen atoms in total. The summed E-state index contributed by atoms with van der Waals surface area (Å²) in [6, 6.07) is 0. The minimum absolute atomic E-state index is 0.0194. The largest absolute Gasteiger partial charge is 0.431 e. The van der Waals surface area contributed by atoms with Crippen LogP contribution in [0.1, 0.15) is 61.1 Å². The second-order valence-corrected chi connectivity index (χ2v) is 22.3. The monoisotopic (exact) mass is 537 g/mol. The first-order valence-electron chi connectivity index (χ1n) is 12.4. The summed E-state index contributed by atoms with van der Waals surface area (Å²) in [5, 5.41) is -0.0556. The van der Waals surface area contributed by atoms with E-state index in [9.17, 15) is 4.79 Å². The smallest absolute Gasteiger partial charge is 0.305 e. The molecule has 1 aliphatic heterocycles. The molecule has 1 aliphatic rings. The van der Waals surface area contributed by atoms with Crippen LogP contribution in [0.3, 0.4) is 0 Å². The van der Waals surface area contributed by atoms with E-state index in [1.165, 1.54) is 13.3 Å². The molecule has 1 saturated heterocycles. The Kier molecular flexibility index (Phi) is 7.54. The van der Waals surface area contributed by atoms with Crippen molar-refractivity contribution in [3.63, 3.8) is 0 Å². The lowest BCUT2D eigenvalue weighted by Crippen LogP contribution is -2.48. The van der Waals surface area contributed by atoms with Crippen LogP contribution in [-0.4, -0.2) is 60.6 Å². The van der Waals surface area contributed by atoms with Gasteiger partial charge in [0.15, 0.2) is 34.3 Å². The van der Waals surface area contributed by atoms with Crippen molar-refractivity contribution >= 4 is 39.6 Å². The Morgan fingerprint density at radius 1 is 1.11 bits per heavy atom. The highest BCUT2D eigenvalue weighted by atomic mass is 28.4. The number of hydrogen-bond acceptors (Lipinski definition) is 9. The number of aromatic nitrogens is 4. The van der Waals surface area contributed by atoms with Gasteiger partial charge in [-0.15, -0.1) is 0 Å². The first kappa shape index (κ1) is 28.7. The van der Waals surface area contributed by atoms with Crippen LogP contribution >= 0.6 is 0 Å². The second-order valence-electron chi connectivity index (χ2n) is 12.8. The van der Waals surface area contributed by atoms with Crippen molar-refractivity contribution in [1.82, 2.24) is 19.5 Å². The van der Waals surface area contributed by atoms with E-state index in [1.807, 2.05) is 0 Å². The van der Waals surface area contributed by atoms with Crippen molar-refractivity contribution in [1.29, 1.82) is 0 Å². The zero-order valence-corrected chi connectivity index (χ0v) is 25.6. The molecule has 36 heavy (non-hydrogen) atoms. The molecule has 0 aliphatic carbocycles. The molecule has 3 atom stereocenters. The van der Waals surface area contributed by atoms with E-state index in [0.717, 1.165) is 0 Å². The third-order valence-electron chi connectivity index (χ3n) is 7.87. The Morgan fingerprint density at radius 2 is 1.72 bits per heavy atom. The van der Waals surface area contributed by atoms with E-state index in [4.69, 9.17) is 24.1 Å². The van der Waals surface area contributed by atoms with E-state index in [-0.39, 0.29) is 22.5 Å². The van der Waals surface area contributed by atoms with Crippen molar-refractivity contribution in [2.24, 2.45) is 0 Å². The van der Waals surface area contributed by atoms with Gasteiger partial charge in [0.25, 0.3) is 0 Å². The van der Waals surface area contributed by atoms with E-state index in [1.54, 1.807) is 10.9 Å². The highest BCUT2D eigenvalue weighted by molar-refractivity contribution is 6.74. The van der Waals surface area contributed by atoms with Gasteiger partial charge in [0, 0.05) is 13.3 Å². The summed E-state index contributed by atoms with van der Waals surface area (Å²) in [5.74, 6) is -1.47. The summed E-state index contributed by atoms with van der Waals surface area (Å²) in [7, 11) is -4.41. The van der Waals surface area contributed by atoms with E-state index < -0.39 is 40.7 Å². The first-order chi connectivity index (χ1) is 16.3. The molecular formula is C24H43N5O5Si2. The Hall–Kier alpha value is -1.87. The quantitative estimate of drug-likeness (QED) is 0.384. The highest BCUT2D eigenvalue weighted by Crippen LogP contribution is 2.47. The van der Waals surface area contributed by atoms with Gasteiger partial charge in [-0.3, -0.25) is 9.36 Å². The van der Waals surface area contributed by atoms with Crippen LogP contribution in [0.25, 0.3) is 11.2 Å². The fraction of sp³-hybridized carbons (Fsp3) is 0.750. The third kappa shape index (κ3) is 5.67. The van der Waals surface area contributed by atoms with Crippen LogP contribution in [-0.2, 0) is 23.1 Å². The van der Waals surface area contributed by atoms with E-state index in [0.29, 0.717) is 17.6 Å². The SMILES string of the molecule is CC(=O)O[C@@]1(CO[Si](C)(C)C(C)(C)C)C[C@@H](O[Si](C)(C)C(C)(C)C)[C@H](n2cnc3c(N)ncnc32)O1. The molecule has 0 radical (unpaired) electrons. The number of nitrogens with zero attached hydrogens (tertiary/aromatic N) is 4. The highest BCUT2D eigenvalue weighted by Gasteiger charge is 2.55. The third-order valence-corrected chi connectivity index (χ3v) is 16.9. The molecule has 0 amide bonds. The van der Waals surface area contributed by atoms with Crippen molar-refractivity contribution < 1.29 is 23.1 Å². The van der Waals surface area contributed by atoms with Crippen molar-refractivity contribution in [2.45, 2.75) is 109 Å². The Morgan fingerprint density at radius 3 is 2.28 bits per heavy atom. The van der Waals surface area contributed by atoms with Crippen LogP contribution in [0, 0.1) is 0 Å². The molecule has 0 saturated carbocycles. The van der Waals surface area contributed by atoms with Gasteiger partial charge in [-0.1, -0.05) is 41.5 Å². The number of fused-ring (bicyclic) bond motifs is 1. The normalized spacial score (nSPS) is 23.9. The molecule has 1 fully saturated rings. The standard InChI is InChI=1S/C24H43N5O5Si2/c1-16(30)32-24(13-31-35(8,9)22(2,3)4)12-17(34-36(10,11)23(5,6)7)21(33-24)29-15-28-18-19(25)26-14-27-20(18)29/h14-15,17,21H,12-13H2,1-11H3,(H2,25,26,27)/t17-,21-,24+/m1/s1. The number of anilines is 1. The lowest BCUT2D eigenvalue weighted by molar-refractivity contribution is -0.244. The Labute approximate surface area is 216 Å². The summed E-state index contributed by atoms with van der Waals surface area (Å²) in [5.41, 5.74) is 7.05. The number of imidazole rings is 1. The fourth-order valence-electron chi connectivity index (χ4n) is 3.66. The number of esters is 1. The maximum atomic E-state index is 12.3. The number of nitrogen functional groups attached to an aromatic ring is 1. The summed E-state index contributed by atoms with van der Waals surface area (Å²) >= 11 is 0. The Bertz CT molecular complexity index is 1110. The number of ether oxygens (including phenoxy) is 2. The minimum Gasteiger partial charge on any atom is -0.431 e. The molecule has 12 heteroatoms. The zero-order chi connectivity index (χ0) is 27.3. The summed E-state index contributed by atoms with van der Waals surface area (Å²) < 4.78 is 27.7. The molecule has 2 aromatic heterocycles. The average Bonchev–Trinajstić information content (AvgIpc) is 3.27. The van der Waals surface area contributed by atoms with Crippen LogP contribution in [0.2, 0.25) is 36.3 Å². The molecule has 2 N–H and O–H groups in total. The molecule has 0 unspecified atom stereocenters. The summed E-state index contributed by atoms with van der Waals surface area (Å²) in [6.45, 7) is 23.3. The van der Waals surface area contributed by atoms with Gasteiger partial charge < -0.3 is 24.1 Å². The molecule has 0 spiro atoms. The van der Waals surface area contributed by atoms with Crippen LogP contribution < -0.4 is 5.73 Å². The van der Waals surface area contributed by atoms with Gasteiger partial charge in [0.05, 0.1) is 19.0 Å². The Balaban J connectivity index is 2.06. The number of carbonyl (C=O) groups is 1. The number of carbonyl (C=O) groups excluding carboxylic acids is 1. The lowest BCUT2D eigenvalue weighted by Gasteiger charge is -2.39. The predicted molar refractivity (Wildman–Crippen MR) is 144 cm³/mol. The molecule has 2 aromatic rings. The molecule has 0 bridgehead atoms. The zero-order valence-electron chi connectivity index (χ0n) is 23.6. The molecular weight excluding hydrogens is 494 g/mol. The van der Waals surface area contributed by atoms with Crippen molar-refractivity contribution in [3.8, 4) is 0 Å². The van der Waals surface area contributed by atoms with E-state index in [2.05, 4.69) is 82.7 Å². The minimum atomic E-state index is -2.24. The predicted octanol–water partition coefficient (Wildman–Crippen LogP) is 5.00. The topological polar surface area (TPSA) is 124 Å². The maximum Gasteiger partial charge on any atom is 0.305 e. The molecule has 3 rings (SSSR count). The van der Waals surface area contributed by atoms with Crippen LogP contribution in [0.5, 0.6) is 0 Å². The number of rotatable bonds is 7. The van der Waals surface area contributed by atoms with Crippen LogP contribution in [0.4, 0.5) is 5.82 Å². The van der Waals surface area contributed by atoms with Gasteiger partial charge in [0.2, 0.25) is 5.79 Å². The molecule has 202 valence electrons. The number of nitrogens with two attached hydrogens (primary N) is 1. The van der Waals surface area contributed by atoms with Gasteiger partial charge in [-0.25, -0.2) is 15.0 Å². The lowest BCUT2D eigenvalue weighted by atomic mass is 10.1. The molecule has 3 heterocycles. The first-order valence-corrected chi connectivity index (χ1v) is 18.2. The van der Waals surface area contributed by atoms with E-state index >= 15 is 0 Å². The van der Waals surface area contributed by atoms with Gasteiger partial charge >= 0.3 is 5.97 Å². The van der Waals surface area contributed by atoms with Crippen LogP contribution in [0.15, 0.2) is 12.7 Å². The fourth-order valence-corrected chi connectivity index (χ4v) is 5.98.